The molecule has 18 heavy (non-hydrogen) atoms. The fourth-order valence-electron chi connectivity index (χ4n) is 2.49. The fourth-order valence-corrected chi connectivity index (χ4v) is 2.49. The highest BCUT2D eigenvalue weighted by molar-refractivity contribution is 5.28. The van der Waals surface area contributed by atoms with Gasteiger partial charge >= 0.3 is 0 Å². The molecule has 1 aromatic rings. The Balaban J connectivity index is 1.99. The van der Waals surface area contributed by atoms with Gasteiger partial charge in [-0.2, -0.15) is 0 Å². The van der Waals surface area contributed by atoms with Crippen molar-refractivity contribution in [1.82, 2.24) is 5.32 Å². The summed E-state index contributed by atoms with van der Waals surface area (Å²) in [5.74, 6) is 0.630. The predicted molar refractivity (Wildman–Crippen MR) is 79.0 cm³/mol. The molecular formula is C17H25N. The molecular weight excluding hydrogens is 218 g/mol. The quantitative estimate of drug-likeness (QED) is 0.790. The van der Waals surface area contributed by atoms with Crippen molar-refractivity contribution < 1.29 is 0 Å². The van der Waals surface area contributed by atoms with E-state index in [-0.39, 0.29) is 0 Å². The summed E-state index contributed by atoms with van der Waals surface area (Å²) < 4.78 is 0. The van der Waals surface area contributed by atoms with Crippen LogP contribution in [0.4, 0.5) is 0 Å². The maximum absolute atomic E-state index is 3.45. The van der Waals surface area contributed by atoms with Gasteiger partial charge in [-0.3, -0.25) is 0 Å². The van der Waals surface area contributed by atoms with Crippen molar-refractivity contribution in [3.05, 3.63) is 47.0 Å². The van der Waals surface area contributed by atoms with E-state index in [1.54, 1.807) is 5.57 Å². The van der Waals surface area contributed by atoms with Crippen LogP contribution in [-0.2, 0) is 6.42 Å². The van der Waals surface area contributed by atoms with E-state index < -0.39 is 0 Å². The molecule has 1 nitrogen and oxygen atoms in total. The van der Waals surface area contributed by atoms with Gasteiger partial charge in [-0.1, -0.05) is 49.8 Å². The maximum atomic E-state index is 3.45. The summed E-state index contributed by atoms with van der Waals surface area (Å²) in [6.07, 6.45) is 7.27. The number of nitrogens with one attached hydrogen (secondary N) is 1. The molecule has 0 saturated heterocycles. The molecule has 1 heterocycles. The number of allylic oxidation sites excluding steroid dienone is 1. The molecule has 0 aliphatic carbocycles. The van der Waals surface area contributed by atoms with Crippen molar-refractivity contribution in [3.8, 4) is 0 Å². The summed E-state index contributed by atoms with van der Waals surface area (Å²) in [6, 6.07) is 9.16. The van der Waals surface area contributed by atoms with Crippen LogP contribution in [0.1, 0.15) is 50.2 Å². The molecule has 0 radical (unpaired) electrons. The minimum atomic E-state index is 0.630. The summed E-state index contributed by atoms with van der Waals surface area (Å²) in [6.45, 7) is 6.80. The molecule has 1 aliphatic rings. The van der Waals surface area contributed by atoms with Gasteiger partial charge in [0.25, 0.3) is 0 Å². The second-order valence-electron chi connectivity index (χ2n) is 5.58. The van der Waals surface area contributed by atoms with E-state index in [1.165, 1.54) is 36.9 Å². The molecule has 0 fully saturated rings. The van der Waals surface area contributed by atoms with Gasteiger partial charge in [0.05, 0.1) is 0 Å². The van der Waals surface area contributed by atoms with Crippen molar-refractivity contribution in [2.24, 2.45) is 0 Å². The number of benzene rings is 1. The summed E-state index contributed by atoms with van der Waals surface area (Å²) in [5.41, 5.74) is 4.52. The summed E-state index contributed by atoms with van der Waals surface area (Å²) in [4.78, 5) is 0. The normalized spacial score (nSPS) is 17.2. The molecule has 1 aromatic carbocycles. The Bertz CT molecular complexity index is 387. The highest BCUT2D eigenvalue weighted by Crippen LogP contribution is 2.18. The Labute approximate surface area is 111 Å². The van der Waals surface area contributed by atoms with Gasteiger partial charge in [0.1, 0.15) is 0 Å². The first kappa shape index (κ1) is 13.4. The van der Waals surface area contributed by atoms with E-state index in [4.69, 9.17) is 0 Å². The minimum Gasteiger partial charge on any atom is -0.316 e. The standard InChI is InChI=1S/C17H25N/c1-14(2)17-9-7-16(8-10-17)13-15-5-3-11-18-12-4-6-15/h5,7-10,14,18H,3-4,6,11-13H2,1-2H3. The van der Waals surface area contributed by atoms with Crippen LogP contribution in [0, 0.1) is 0 Å². The average Bonchev–Trinajstić information content (AvgIpc) is 2.33. The molecule has 0 unspecified atom stereocenters. The lowest BCUT2D eigenvalue weighted by atomic mass is 9.96. The molecule has 0 saturated carbocycles. The fraction of sp³-hybridized carbons (Fsp3) is 0.529. The predicted octanol–water partition coefficient (Wildman–Crippen LogP) is 4.05. The second-order valence-corrected chi connectivity index (χ2v) is 5.58. The first-order valence-electron chi connectivity index (χ1n) is 7.23. The van der Waals surface area contributed by atoms with Gasteiger partial charge in [-0.05, 0) is 55.8 Å². The maximum Gasteiger partial charge on any atom is -0.00142 e. The van der Waals surface area contributed by atoms with E-state index in [2.05, 4.69) is 49.5 Å². The van der Waals surface area contributed by atoms with Crippen LogP contribution >= 0.6 is 0 Å². The van der Waals surface area contributed by atoms with Crippen molar-refractivity contribution >= 4 is 0 Å². The number of hydrogen-bond acceptors (Lipinski definition) is 1. The first-order chi connectivity index (χ1) is 8.75. The van der Waals surface area contributed by atoms with E-state index in [0.29, 0.717) is 5.92 Å². The van der Waals surface area contributed by atoms with Crippen LogP contribution < -0.4 is 5.32 Å². The SMILES string of the molecule is CC(C)c1ccc(CC2=CCCNCCC2)cc1. The van der Waals surface area contributed by atoms with E-state index >= 15 is 0 Å². The zero-order valence-electron chi connectivity index (χ0n) is 11.7. The monoisotopic (exact) mass is 243 g/mol. The zero-order chi connectivity index (χ0) is 12.8. The molecule has 1 N–H and O–H groups in total. The molecule has 1 aliphatic heterocycles. The summed E-state index contributed by atoms with van der Waals surface area (Å²) >= 11 is 0. The Morgan fingerprint density at radius 2 is 1.89 bits per heavy atom. The van der Waals surface area contributed by atoms with Crippen molar-refractivity contribution in [2.75, 3.05) is 13.1 Å². The van der Waals surface area contributed by atoms with Crippen LogP contribution in [0.2, 0.25) is 0 Å². The average molecular weight is 243 g/mol. The van der Waals surface area contributed by atoms with Gasteiger partial charge in [0, 0.05) is 0 Å². The molecule has 1 heteroatoms. The van der Waals surface area contributed by atoms with Crippen LogP contribution in [0.5, 0.6) is 0 Å². The van der Waals surface area contributed by atoms with Crippen molar-refractivity contribution in [1.29, 1.82) is 0 Å². The van der Waals surface area contributed by atoms with E-state index in [9.17, 15) is 0 Å². The second kappa shape index (κ2) is 6.75. The van der Waals surface area contributed by atoms with Gasteiger partial charge < -0.3 is 5.32 Å². The smallest absolute Gasteiger partial charge is 0.00142 e. The first-order valence-corrected chi connectivity index (χ1v) is 7.23. The van der Waals surface area contributed by atoms with E-state index in [1.807, 2.05) is 0 Å². The lowest BCUT2D eigenvalue weighted by Crippen LogP contribution is -2.18. The summed E-state index contributed by atoms with van der Waals surface area (Å²) in [7, 11) is 0. The molecule has 0 aromatic heterocycles. The van der Waals surface area contributed by atoms with Crippen molar-refractivity contribution in [3.63, 3.8) is 0 Å². The Hall–Kier alpha value is -1.08. The third-order valence-electron chi connectivity index (χ3n) is 3.68. The highest BCUT2D eigenvalue weighted by atomic mass is 14.8. The van der Waals surface area contributed by atoms with Crippen LogP contribution in [-0.4, -0.2) is 13.1 Å². The van der Waals surface area contributed by atoms with Gasteiger partial charge in [0.2, 0.25) is 0 Å². The van der Waals surface area contributed by atoms with E-state index in [0.717, 1.165) is 13.0 Å². The third-order valence-corrected chi connectivity index (χ3v) is 3.68. The molecule has 2 rings (SSSR count). The minimum absolute atomic E-state index is 0.630. The third kappa shape index (κ3) is 3.99. The molecule has 0 amide bonds. The van der Waals surface area contributed by atoms with Crippen LogP contribution in [0.25, 0.3) is 0 Å². The number of hydrogen-bond donors (Lipinski definition) is 1. The van der Waals surface area contributed by atoms with Crippen molar-refractivity contribution in [2.45, 2.75) is 45.4 Å². The largest absolute Gasteiger partial charge is 0.316 e. The summed E-state index contributed by atoms with van der Waals surface area (Å²) in [5, 5.41) is 3.45. The van der Waals surface area contributed by atoms with Gasteiger partial charge in [0.15, 0.2) is 0 Å². The van der Waals surface area contributed by atoms with Gasteiger partial charge in [-0.15, -0.1) is 0 Å². The Kier molecular flexibility index (Phi) is 5.00. The topological polar surface area (TPSA) is 12.0 Å². The molecule has 98 valence electrons. The van der Waals surface area contributed by atoms with Gasteiger partial charge in [-0.25, -0.2) is 0 Å². The lowest BCUT2D eigenvalue weighted by molar-refractivity contribution is 0.628. The molecule has 0 atom stereocenters. The molecule has 0 spiro atoms. The zero-order valence-corrected chi connectivity index (χ0v) is 11.7. The Morgan fingerprint density at radius 1 is 1.11 bits per heavy atom. The van der Waals surface area contributed by atoms with Crippen LogP contribution in [0.15, 0.2) is 35.9 Å². The molecule has 0 bridgehead atoms. The highest BCUT2D eigenvalue weighted by Gasteiger charge is 2.04. The number of rotatable bonds is 3. The van der Waals surface area contributed by atoms with Crippen LogP contribution in [0.3, 0.4) is 0 Å². The Morgan fingerprint density at radius 3 is 2.61 bits per heavy atom. The lowest BCUT2D eigenvalue weighted by Gasteiger charge is -2.13.